The molecule has 96 valence electrons. The topological polar surface area (TPSA) is 20.3 Å². The lowest BCUT2D eigenvalue weighted by Crippen LogP contribution is -2.31. The summed E-state index contributed by atoms with van der Waals surface area (Å²) in [5.74, 6) is 1.96. The van der Waals surface area contributed by atoms with Crippen molar-refractivity contribution in [1.29, 1.82) is 0 Å². The number of hydrogen-bond donors (Lipinski definition) is 0. The van der Waals surface area contributed by atoms with Crippen LogP contribution in [0.3, 0.4) is 0 Å². The fourth-order valence-corrected chi connectivity index (χ4v) is 1.42. The molecule has 0 fully saturated rings. The molecule has 0 bridgehead atoms. The number of rotatable bonds is 3. The van der Waals surface area contributed by atoms with Gasteiger partial charge in [0.1, 0.15) is 0 Å². The largest absolute Gasteiger partial charge is 0.416 e. The van der Waals surface area contributed by atoms with Crippen molar-refractivity contribution in [2.24, 2.45) is 0 Å². The summed E-state index contributed by atoms with van der Waals surface area (Å²) >= 11 is 0. The highest BCUT2D eigenvalue weighted by atomic mass is 19.4. The molecule has 0 aliphatic heterocycles. The third-order valence-electron chi connectivity index (χ3n) is 2.41. The summed E-state index contributed by atoms with van der Waals surface area (Å²) in [6, 6.07) is 4.09. The minimum absolute atomic E-state index is 0.135. The maximum Gasteiger partial charge on any atom is 0.416 e. The Balaban J connectivity index is 2.92. The number of carbonyl (C=O) groups is 1. The molecule has 0 aromatic heterocycles. The minimum atomic E-state index is -4.40. The first kappa shape index (κ1) is 14.1. The SMILES string of the molecule is C#CCN(CC)C(=O)c1ccc(C(F)(F)F)cc1. The number of hydrogen-bond acceptors (Lipinski definition) is 1. The van der Waals surface area contributed by atoms with Gasteiger partial charge in [-0.1, -0.05) is 5.92 Å². The third kappa shape index (κ3) is 3.27. The number of terminal acetylenes is 1. The van der Waals surface area contributed by atoms with Crippen molar-refractivity contribution < 1.29 is 18.0 Å². The molecule has 5 heteroatoms. The molecule has 18 heavy (non-hydrogen) atoms. The van der Waals surface area contributed by atoms with Gasteiger partial charge < -0.3 is 4.90 Å². The van der Waals surface area contributed by atoms with Gasteiger partial charge in [-0.25, -0.2) is 0 Å². The standard InChI is InChI=1S/C13H12F3NO/c1-3-9-17(4-2)12(18)10-5-7-11(8-6-10)13(14,15)16/h1,5-8H,4,9H2,2H3. The molecule has 0 spiro atoms. The van der Waals surface area contributed by atoms with Crippen LogP contribution in [0.5, 0.6) is 0 Å². The van der Waals surface area contributed by atoms with Gasteiger partial charge in [0.25, 0.3) is 5.91 Å². The van der Waals surface area contributed by atoms with Gasteiger partial charge in [-0.15, -0.1) is 6.42 Å². The first-order valence-electron chi connectivity index (χ1n) is 5.30. The Morgan fingerprint density at radius 1 is 1.33 bits per heavy atom. The van der Waals surface area contributed by atoms with Crippen LogP contribution in [0, 0.1) is 12.3 Å². The van der Waals surface area contributed by atoms with Crippen molar-refractivity contribution >= 4 is 5.91 Å². The summed E-state index contributed by atoms with van der Waals surface area (Å²) in [5, 5.41) is 0. The molecule has 0 unspecified atom stereocenters. The molecule has 1 rings (SSSR count). The summed E-state index contributed by atoms with van der Waals surface area (Å²) in [5.41, 5.74) is -0.584. The van der Waals surface area contributed by atoms with E-state index in [4.69, 9.17) is 6.42 Å². The minimum Gasteiger partial charge on any atom is -0.328 e. The number of alkyl halides is 3. The van der Waals surface area contributed by atoms with Gasteiger partial charge in [0.05, 0.1) is 12.1 Å². The predicted octanol–water partition coefficient (Wildman–Crippen LogP) is 2.80. The normalized spacial score (nSPS) is 10.8. The van der Waals surface area contributed by atoms with Crippen LogP contribution in [0.2, 0.25) is 0 Å². The average molecular weight is 255 g/mol. The second kappa shape index (κ2) is 5.58. The second-order valence-electron chi connectivity index (χ2n) is 3.60. The molecule has 0 N–H and O–H groups in total. The maximum atomic E-state index is 12.3. The van der Waals surface area contributed by atoms with Crippen LogP contribution in [0.4, 0.5) is 13.2 Å². The molecule has 1 aromatic carbocycles. The lowest BCUT2D eigenvalue weighted by Gasteiger charge is -2.18. The van der Waals surface area contributed by atoms with E-state index in [-0.39, 0.29) is 18.0 Å². The zero-order valence-electron chi connectivity index (χ0n) is 9.79. The first-order chi connectivity index (χ1) is 8.40. The number of halogens is 3. The lowest BCUT2D eigenvalue weighted by molar-refractivity contribution is -0.137. The Bertz CT molecular complexity index is 457. The van der Waals surface area contributed by atoms with E-state index in [1.807, 2.05) is 0 Å². The molecule has 0 atom stereocenters. The Kier molecular flexibility index (Phi) is 4.38. The van der Waals surface area contributed by atoms with Gasteiger partial charge in [0.15, 0.2) is 0 Å². The molecule has 0 aliphatic rings. The van der Waals surface area contributed by atoms with Gasteiger partial charge in [-0.05, 0) is 31.2 Å². The molecular formula is C13H12F3NO. The van der Waals surface area contributed by atoms with Gasteiger partial charge in [-0.2, -0.15) is 13.2 Å². The molecule has 0 aliphatic carbocycles. The van der Waals surface area contributed by atoms with E-state index in [2.05, 4.69) is 5.92 Å². The summed E-state index contributed by atoms with van der Waals surface area (Å²) in [6.07, 6.45) is 0.711. The molecule has 1 aromatic rings. The molecule has 0 heterocycles. The van der Waals surface area contributed by atoms with Crippen LogP contribution in [0.25, 0.3) is 0 Å². The molecule has 0 radical (unpaired) electrons. The summed E-state index contributed by atoms with van der Waals surface area (Å²) in [6.45, 7) is 2.29. The number of benzene rings is 1. The molecule has 0 saturated heterocycles. The first-order valence-corrected chi connectivity index (χ1v) is 5.30. The highest BCUT2D eigenvalue weighted by Gasteiger charge is 2.30. The van der Waals surface area contributed by atoms with Gasteiger partial charge >= 0.3 is 6.18 Å². The van der Waals surface area contributed by atoms with Crippen LogP contribution < -0.4 is 0 Å². The van der Waals surface area contributed by atoms with E-state index >= 15 is 0 Å². The van der Waals surface area contributed by atoms with Crippen LogP contribution in [-0.4, -0.2) is 23.9 Å². The zero-order chi connectivity index (χ0) is 13.8. The van der Waals surface area contributed by atoms with Gasteiger partial charge in [-0.3, -0.25) is 4.79 Å². The van der Waals surface area contributed by atoms with Crippen molar-refractivity contribution in [3.63, 3.8) is 0 Å². The maximum absolute atomic E-state index is 12.3. The van der Waals surface area contributed by atoms with Crippen molar-refractivity contribution in [2.75, 3.05) is 13.1 Å². The zero-order valence-corrected chi connectivity index (χ0v) is 9.79. The molecule has 2 nitrogen and oxygen atoms in total. The van der Waals surface area contributed by atoms with Gasteiger partial charge in [0.2, 0.25) is 0 Å². The predicted molar refractivity (Wildman–Crippen MR) is 61.9 cm³/mol. The van der Waals surface area contributed by atoms with Crippen LogP contribution in [-0.2, 0) is 6.18 Å². The van der Waals surface area contributed by atoms with E-state index in [0.717, 1.165) is 24.3 Å². The molecule has 1 amide bonds. The van der Waals surface area contributed by atoms with E-state index in [0.29, 0.717) is 6.54 Å². The second-order valence-corrected chi connectivity index (χ2v) is 3.60. The van der Waals surface area contributed by atoms with Crippen LogP contribution in [0.1, 0.15) is 22.8 Å². The molecule has 0 saturated carbocycles. The van der Waals surface area contributed by atoms with E-state index in [1.165, 1.54) is 4.90 Å². The average Bonchev–Trinajstić information content (AvgIpc) is 2.34. The smallest absolute Gasteiger partial charge is 0.328 e. The van der Waals surface area contributed by atoms with Crippen molar-refractivity contribution in [3.8, 4) is 12.3 Å². The number of carbonyl (C=O) groups excluding carboxylic acids is 1. The molecular weight excluding hydrogens is 243 g/mol. The fourth-order valence-electron chi connectivity index (χ4n) is 1.42. The highest BCUT2D eigenvalue weighted by Crippen LogP contribution is 2.29. The van der Waals surface area contributed by atoms with Crippen molar-refractivity contribution in [2.45, 2.75) is 13.1 Å². The van der Waals surface area contributed by atoms with Crippen molar-refractivity contribution in [1.82, 2.24) is 4.90 Å². The van der Waals surface area contributed by atoms with E-state index in [9.17, 15) is 18.0 Å². The Morgan fingerprint density at radius 2 is 1.89 bits per heavy atom. The Morgan fingerprint density at radius 3 is 2.28 bits per heavy atom. The summed E-state index contributed by atoms with van der Waals surface area (Å²) in [7, 11) is 0. The number of amides is 1. The Labute approximate surface area is 103 Å². The van der Waals surface area contributed by atoms with E-state index in [1.54, 1.807) is 6.92 Å². The van der Waals surface area contributed by atoms with Crippen LogP contribution >= 0.6 is 0 Å². The highest BCUT2D eigenvalue weighted by molar-refractivity contribution is 5.94. The summed E-state index contributed by atoms with van der Waals surface area (Å²) in [4.78, 5) is 13.3. The third-order valence-corrected chi connectivity index (χ3v) is 2.41. The van der Waals surface area contributed by atoms with Crippen LogP contribution in [0.15, 0.2) is 24.3 Å². The Hall–Kier alpha value is -1.96. The van der Waals surface area contributed by atoms with Gasteiger partial charge in [0, 0.05) is 12.1 Å². The lowest BCUT2D eigenvalue weighted by atomic mass is 10.1. The van der Waals surface area contributed by atoms with E-state index < -0.39 is 11.7 Å². The van der Waals surface area contributed by atoms with Crippen molar-refractivity contribution in [3.05, 3.63) is 35.4 Å². The quantitative estimate of drug-likeness (QED) is 0.760. The number of nitrogens with zero attached hydrogens (tertiary/aromatic N) is 1. The monoisotopic (exact) mass is 255 g/mol. The fraction of sp³-hybridized carbons (Fsp3) is 0.308. The summed E-state index contributed by atoms with van der Waals surface area (Å²) < 4.78 is 37.0.